The molecule has 1 aliphatic carbocycles. The first kappa shape index (κ1) is 13.2. The summed E-state index contributed by atoms with van der Waals surface area (Å²) in [6, 6.07) is -0.0263. The van der Waals surface area contributed by atoms with Crippen LogP contribution in [0.1, 0.15) is 46.9 Å². The van der Waals surface area contributed by atoms with Gasteiger partial charge in [0.1, 0.15) is 0 Å². The Labute approximate surface area is 117 Å². The molecule has 0 aromatic carbocycles. The molecule has 19 heavy (non-hydrogen) atoms. The zero-order chi connectivity index (χ0) is 13.6. The lowest BCUT2D eigenvalue weighted by molar-refractivity contribution is 0.108. The molecule has 0 unspecified atom stereocenters. The maximum atomic E-state index is 11.6. The molecule has 3 rings (SSSR count). The third-order valence-corrected chi connectivity index (χ3v) is 6.11. The molecule has 1 aromatic heterocycles. The Morgan fingerprint density at radius 3 is 2.68 bits per heavy atom. The predicted octanol–water partition coefficient (Wildman–Crippen LogP) is 2.11. The van der Waals surface area contributed by atoms with Gasteiger partial charge in [-0.2, -0.15) is 0 Å². The van der Waals surface area contributed by atoms with Crippen molar-refractivity contribution in [1.82, 2.24) is 4.57 Å². The average Bonchev–Trinajstić information content (AvgIpc) is 2.89. The van der Waals surface area contributed by atoms with Crippen molar-refractivity contribution in [2.24, 2.45) is 0 Å². The molecule has 0 spiro atoms. The van der Waals surface area contributed by atoms with Crippen LogP contribution in [0, 0.1) is 0 Å². The monoisotopic (exact) mass is 301 g/mol. The molecule has 6 heteroatoms. The number of aromatic nitrogens is 1. The summed E-state index contributed by atoms with van der Waals surface area (Å²) in [6.45, 7) is 0. The molecule has 1 aromatic rings. The fraction of sp³-hybridized carbons (Fsp3) is 0.615. The Balaban J connectivity index is 2.05. The predicted molar refractivity (Wildman–Crippen MR) is 73.6 cm³/mol. The van der Waals surface area contributed by atoms with Gasteiger partial charge in [0.25, 0.3) is 5.24 Å². The number of hydrogen-bond acceptors (Lipinski definition) is 3. The van der Waals surface area contributed by atoms with Crippen LogP contribution in [-0.4, -0.2) is 29.7 Å². The van der Waals surface area contributed by atoms with E-state index in [1.807, 2.05) is 4.57 Å². The van der Waals surface area contributed by atoms with E-state index in [2.05, 4.69) is 0 Å². The molecule has 1 fully saturated rings. The lowest BCUT2D eigenvalue weighted by atomic mass is 9.95. The molecule has 1 saturated heterocycles. The molecule has 1 aliphatic heterocycles. The number of sulfone groups is 1. The number of fused-ring (bicyclic) bond motifs is 1. The SMILES string of the molecule is O=C(Cl)c1cn([C@@H]2CCS(=O)(=O)C2)c2c1CCCC2. The van der Waals surface area contributed by atoms with E-state index in [9.17, 15) is 13.2 Å². The van der Waals surface area contributed by atoms with E-state index in [-0.39, 0.29) is 17.5 Å². The van der Waals surface area contributed by atoms with Crippen LogP contribution in [0.3, 0.4) is 0 Å². The highest BCUT2D eigenvalue weighted by molar-refractivity contribution is 7.91. The molecule has 1 atom stereocenters. The Hall–Kier alpha value is -0.810. The summed E-state index contributed by atoms with van der Waals surface area (Å²) in [5, 5.41) is -0.433. The van der Waals surface area contributed by atoms with Crippen molar-refractivity contribution in [3.05, 3.63) is 23.0 Å². The topological polar surface area (TPSA) is 56.1 Å². The molecular formula is C13H16ClNO3S. The van der Waals surface area contributed by atoms with Crippen LogP contribution in [0.15, 0.2) is 6.20 Å². The summed E-state index contributed by atoms with van der Waals surface area (Å²) in [6.07, 6.45) is 6.35. The summed E-state index contributed by atoms with van der Waals surface area (Å²) in [5.74, 6) is 0.429. The van der Waals surface area contributed by atoms with Gasteiger partial charge in [0, 0.05) is 17.9 Å². The molecule has 0 saturated carbocycles. The van der Waals surface area contributed by atoms with Gasteiger partial charge in [-0.05, 0) is 49.3 Å². The van der Waals surface area contributed by atoms with Crippen LogP contribution >= 0.6 is 11.6 Å². The maximum Gasteiger partial charge on any atom is 0.254 e. The number of carbonyl (C=O) groups excluding carboxylic acids is 1. The van der Waals surface area contributed by atoms with Gasteiger partial charge in [-0.15, -0.1) is 0 Å². The van der Waals surface area contributed by atoms with E-state index in [4.69, 9.17) is 11.6 Å². The van der Waals surface area contributed by atoms with E-state index < -0.39 is 15.1 Å². The van der Waals surface area contributed by atoms with Crippen LogP contribution in [0.4, 0.5) is 0 Å². The normalized spacial score (nSPS) is 25.2. The third-order valence-electron chi connectivity index (χ3n) is 4.16. The standard InChI is InChI=1S/C13H16ClNO3S/c14-13(16)11-7-15(9-5-6-19(17,18)8-9)12-4-2-1-3-10(11)12/h7,9H,1-6,8H2/t9-/m1/s1. The fourth-order valence-corrected chi connectivity index (χ4v) is 5.12. The molecule has 2 aliphatic rings. The van der Waals surface area contributed by atoms with Gasteiger partial charge in [0.15, 0.2) is 9.84 Å². The number of halogens is 1. The lowest BCUT2D eigenvalue weighted by Gasteiger charge is -2.19. The Morgan fingerprint density at radius 2 is 2.05 bits per heavy atom. The first-order valence-corrected chi connectivity index (χ1v) is 8.81. The summed E-state index contributed by atoms with van der Waals surface area (Å²) in [7, 11) is -2.92. The van der Waals surface area contributed by atoms with Crippen LogP contribution in [0.2, 0.25) is 0 Å². The summed E-state index contributed by atoms with van der Waals surface area (Å²) in [4.78, 5) is 11.5. The number of nitrogens with zero attached hydrogens (tertiary/aromatic N) is 1. The second kappa shape index (κ2) is 4.63. The van der Waals surface area contributed by atoms with Gasteiger partial charge in [0.2, 0.25) is 0 Å². The second-order valence-electron chi connectivity index (χ2n) is 5.41. The quantitative estimate of drug-likeness (QED) is 0.786. The van der Waals surface area contributed by atoms with Crippen molar-refractivity contribution in [1.29, 1.82) is 0 Å². The first-order chi connectivity index (χ1) is 8.98. The molecule has 2 heterocycles. The van der Waals surface area contributed by atoms with E-state index in [0.29, 0.717) is 12.0 Å². The minimum absolute atomic E-state index is 0.0263. The smallest absolute Gasteiger partial charge is 0.254 e. The Bertz CT molecular complexity index is 633. The van der Waals surface area contributed by atoms with Gasteiger partial charge in [-0.25, -0.2) is 8.42 Å². The van der Waals surface area contributed by atoms with Crippen LogP contribution in [-0.2, 0) is 22.7 Å². The van der Waals surface area contributed by atoms with Crippen molar-refractivity contribution < 1.29 is 13.2 Å². The average molecular weight is 302 g/mol. The Kier molecular flexibility index (Phi) is 3.21. The van der Waals surface area contributed by atoms with Gasteiger partial charge >= 0.3 is 0 Å². The molecule has 0 N–H and O–H groups in total. The molecule has 0 amide bonds. The van der Waals surface area contributed by atoms with Crippen molar-refractivity contribution in [2.75, 3.05) is 11.5 Å². The molecule has 0 bridgehead atoms. The lowest BCUT2D eigenvalue weighted by Crippen LogP contribution is -2.15. The van der Waals surface area contributed by atoms with E-state index >= 15 is 0 Å². The maximum absolute atomic E-state index is 11.6. The summed E-state index contributed by atoms with van der Waals surface area (Å²) < 4.78 is 25.2. The van der Waals surface area contributed by atoms with Gasteiger partial charge in [-0.3, -0.25) is 4.79 Å². The largest absolute Gasteiger partial charge is 0.346 e. The molecular weight excluding hydrogens is 286 g/mol. The van der Waals surface area contributed by atoms with Gasteiger partial charge in [0.05, 0.1) is 17.1 Å². The zero-order valence-electron chi connectivity index (χ0n) is 10.6. The van der Waals surface area contributed by atoms with E-state index in [0.717, 1.165) is 36.9 Å². The highest BCUT2D eigenvalue weighted by Crippen LogP contribution is 2.33. The molecule has 4 nitrogen and oxygen atoms in total. The molecule has 0 radical (unpaired) electrons. The van der Waals surface area contributed by atoms with Crippen LogP contribution in [0.5, 0.6) is 0 Å². The van der Waals surface area contributed by atoms with Crippen molar-refractivity contribution in [3.8, 4) is 0 Å². The van der Waals surface area contributed by atoms with E-state index in [1.165, 1.54) is 0 Å². The number of rotatable bonds is 2. The minimum Gasteiger partial charge on any atom is -0.346 e. The van der Waals surface area contributed by atoms with Gasteiger partial charge < -0.3 is 4.57 Å². The van der Waals surface area contributed by atoms with Crippen molar-refractivity contribution in [2.45, 2.75) is 38.1 Å². The minimum atomic E-state index is -2.92. The summed E-state index contributed by atoms with van der Waals surface area (Å²) in [5.41, 5.74) is 2.73. The summed E-state index contributed by atoms with van der Waals surface area (Å²) >= 11 is 5.65. The molecule has 104 valence electrons. The third kappa shape index (κ3) is 2.34. The van der Waals surface area contributed by atoms with Crippen LogP contribution in [0.25, 0.3) is 0 Å². The number of hydrogen-bond donors (Lipinski definition) is 0. The van der Waals surface area contributed by atoms with Crippen molar-refractivity contribution >= 4 is 26.7 Å². The highest BCUT2D eigenvalue weighted by atomic mass is 35.5. The van der Waals surface area contributed by atoms with Crippen LogP contribution < -0.4 is 0 Å². The first-order valence-electron chi connectivity index (χ1n) is 6.61. The van der Waals surface area contributed by atoms with Gasteiger partial charge in [-0.1, -0.05) is 0 Å². The Morgan fingerprint density at radius 1 is 1.32 bits per heavy atom. The highest BCUT2D eigenvalue weighted by Gasteiger charge is 2.32. The van der Waals surface area contributed by atoms with E-state index in [1.54, 1.807) is 6.20 Å². The fourth-order valence-electron chi connectivity index (χ4n) is 3.25. The number of carbonyl (C=O) groups is 1. The second-order valence-corrected chi connectivity index (χ2v) is 7.98. The zero-order valence-corrected chi connectivity index (χ0v) is 12.1. The van der Waals surface area contributed by atoms with Crippen molar-refractivity contribution in [3.63, 3.8) is 0 Å².